The van der Waals surface area contributed by atoms with Gasteiger partial charge in [0.15, 0.2) is 0 Å². The smallest absolute Gasteiger partial charge is 0.0491 e. The van der Waals surface area contributed by atoms with Gasteiger partial charge in [-0.25, -0.2) is 0 Å². The molecule has 0 aliphatic rings. The molecule has 0 heterocycles. The van der Waals surface area contributed by atoms with Gasteiger partial charge in [0.1, 0.15) is 0 Å². The van der Waals surface area contributed by atoms with Crippen molar-refractivity contribution in [2.75, 3.05) is 13.6 Å². The Bertz CT molecular complexity index is 118. The second-order valence-corrected chi connectivity index (χ2v) is 3.67. The van der Waals surface area contributed by atoms with Crippen LogP contribution in [0, 0.1) is 6.04 Å². The normalized spacial score (nSPS) is 15.6. The molecule has 0 bridgehead atoms. The predicted octanol–water partition coefficient (Wildman–Crippen LogP) is 0.901. The van der Waals surface area contributed by atoms with E-state index >= 15 is 0 Å². The Morgan fingerprint density at radius 1 is 1.55 bits per heavy atom. The first-order valence-corrected chi connectivity index (χ1v) is 3.67. The fourth-order valence-corrected chi connectivity index (χ4v) is 0.795. The minimum Gasteiger partial charge on any atom is -0.672 e. The van der Waals surface area contributed by atoms with E-state index in [0.29, 0.717) is 6.54 Å². The number of likely N-dealkylation sites (N-methyl/N-ethyl adjacent to an activating group) is 1. The Morgan fingerprint density at radius 2 is 2.00 bits per heavy atom. The van der Waals surface area contributed by atoms with Crippen LogP contribution in [0.25, 0.3) is 5.73 Å². The summed E-state index contributed by atoms with van der Waals surface area (Å²) in [4.78, 5) is 1.34. The summed E-state index contributed by atoms with van der Waals surface area (Å²) in [6, 6.07) is 1.33. The third-order valence-electron chi connectivity index (χ3n) is 2.16. The van der Waals surface area contributed by atoms with Crippen molar-refractivity contribution in [1.82, 2.24) is 0 Å². The van der Waals surface area contributed by atoms with E-state index in [-0.39, 0.29) is 38.2 Å². The van der Waals surface area contributed by atoms with Gasteiger partial charge in [-0.05, 0) is 13.8 Å². The van der Waals surface area contributed by atoms with Gasteiger partial charge in [-0.1, -0.05) is 6.54 Å². The van der Waals surface area contributed by atoms with Crippen LogP contribution in [0.2, 0.25) is 1.41 Å². The van der Waals surface area contributed by atoms with Crippen molar-refractivity contribution in [3.8, 4) is 0 Å². The quantitative estimate of drug-likeness (QED) is 0.700. The van der Waals surface area contributed by atoms with Crippen molar-refractivity contribution in [3.05, 3.63) is 11.8 Å². The van der Waals surface area contributed by atoms with E-state index in [9.17, 15) is 0 Å². The molecule has 0 fully saturated rings. The maximum absolute atomic E-state index is 6.79. The van der Waals surface area contributed by atoms with Gasteiger partial charge in [-0.2, -0.15) is 1.41 Å². The van der Waals surface area contributed by atoms with E-state index in [1.165, 1.54) is 10.9 Å². The number of rotatable bonds is 4. The molecule has 0 rings (SSSR count). The summed E-state index contributed by atoms with van der Waals surface area (Å²) in [6.07, 6.45) is 0. The Kier molecular flexibility index (Phi) is 6.16. The van der Waals surface area contributed by atoms with Crippen LogP contribution in [0.4, 0.5) is 0 Å². The molecule has 3 heteroatoms. The topological polar surface area (TPSA) is 28.2 Å². The molecular weight excluding hydrogens is 213 g/mol. The molecule has 0 amide bonds. The van der Waals surface area contributed by atoms with Crippen molar-refractivity contribution >= 4 is 0 Å². The number of hydrogen-bond donors (Lipinski definition) is 1. The summed E-state index contributed by atoms with van der Waals surface area (Å²) in [5.41, 5.74) is 3.48. The monoisotopic (exact) mass is 234 g/mol. The predicted molar refractivity (Wildman–Crippen MR) is 44.7 cm³/mol. The molecule has 1 unspecified atom stereocenters. The van der Waals surface area contributed by atoms with Gasteiger partial charge in [0.2, 0.25) is 0 Å². The van der Waals surface area contributed by atoms with Crippen LogP contribution >= 0.6 is 0 Å². The van der Waals surface area contributed by atoms with E-state index in [1.807, 2.05) is 0 Å². The first-order valence-electron chi connectivity index (χ1n) is 4.12. The third-order valence-corrected chi connectivity index (χ3v) is 2.16. The Balaban J connectivity index is 0. The van der Waals surface area contributed by atoms with Gasteiger partial charge in [-0.15, -0.1) is 19.9 Å². The van der Waals surface area contributed by atoms with Crippen LogP contribution in [0.15, 0.2) is 0 Å². The van der Waals surface area contributed by atoms with Crippen LogP contribution in [-0.2, 0) is 32.7 Å². The zero-order valence-electron chi connectivity index (χ0n) is 9.23. The molecule has 0 aromatic heterocycles. The van der Waals surface area contributed by atoms with Gasteiger partial charge < -0.3 is 10.6 Å². The second kappa shape index (κ2) is 5.63. The molecule has 0 saturated carbocycles. The summed E-state index contributed by atoms with van der Waals surface area (Å²) < 4.78 is 6.79. The Morgan fingerprint density at radius 3 is 2.27 bits per heavy atom. The largest absolute Gasteiger partial charge is 0.672 e. The number of hydrogen-bond acceptors (Lipinski definition) is 0. The van der Waals surface area contributed by atoms with E-state index in [4.69, 9.17) is 1.41 Å². The molecule has 0 aliphatic carbocycles. The van der Waals surface area contributed by atoms with E-state index < -0.39 is 0 Å². The minimum absolute atomic E-state index is 0. The first-order chi connectivity index (χ1) is 4.91. The van der Waals surface area contributed by atoms with Gasteiger partial charge in [0, 0.05) is 45.3 Å². The first kappa shape index (κ1) is 12.0. The van der Waals surface area contributed by atoms with Crippen LogP contribution in [0.3, 0.4) is 0 Å². The SMILES string of the molecule is [3H][N-]CC(C)(C)[NH+](C)[C-](C)C.[Y]. The molecule has 11 heavy (non-hydrogen) atoms. The zero-order chi connectivity index (χ0) is 9.07. The van der Waals surface area contributed by atoms with Crippen molar-refractivity contribution in [2.45, 2.75) is 33.2 Å². The second-order valence-electron chi connectivity index (χ2n) is 3.67. The minimum atomic E-state index is 0. The molecule has 0 spiro atoms. The third kappa shape index (κ3) is 4.56. The van der Waals surface area contributed by atoms with Crippen LogP contribution < -0.4 is 4.90 Å². The summed E-state index contributed by atoms with van der Waals surface area (Å²) in [7, 11) is 2.11. The van der Waals surface area contributed by atoms with Gasteiger partial charge in [0.25, 0.3) is 0 Å². The van der Waals surface area contributed by atoms with Crippen LogP contribution in [-0.4, -0.2) is 19.1 Å². The van der Waals surface area contributed by atoms with Crippen molar-refractivity contribution in [2.24, 2.45) is 0 Å². The summed E-state index contributed by atoms with van der Waals surface area (Å²) in [5, 5.41) is 0. The van der Waals surface area contributed by atoms with Gasteiger partial charge in [0.05, 0.1) is 0 Å². The molecule has 1 atom stereocenters. The molecule has 0 saturated heterocycles. The van der Waals surface area contributed by atoms with Crippen molar-refractivity contribution in [1.29, 1.82) is 0 Å². The fraction of sp³-hybridized carbons (Fsp3) is 0.875. The average Bonchev–Trinajstić information content (AvgIpc) is 1.86. The Labute approximate surface area is 97.2 Å². The van der Waals surface area contributed by atoms with E-state index in [0.717, 1.165) is 0 Å². The van der Waals surface area contributed by atoms with Crippen LogP contribution in [0.5, 0.6) is 0 Å². The molecular formula is C8H19N2Y-. The van der Waals surface area contributed by atoms with Crippen molar-refractivity contribution < 1.29 is 39.0 Å². The fourth-order valence-electron chi connectivity index (χ4n) is 0.795. The average molecular weight is 234 g/mol. The van der Waals surface area contributed by atoms with E-state index in [1.54, 1.807) is 0 Å². The zero-order valence-corrected chi connectivity index (χ0v) is 11.1. The van der Waals surface area contributed by atoms with Crippen molar-refractivity contribution in [3.63, 3.8) is 0 Å². The Hall–Kier alpha value is 1.02. The standard InChI is InChI=1S/C8H19N2.Y/c1-7(2)10(5)8(3,4)6-9;/h9-10H,6H2,1-5H3;/q-1;/i/hT. The summed E-state index contributed by atoms with van der Waals surface area (Å²) >= 11 is 0. The summed E-state index contributed by atoms with van der Waals surface area (Å²) in [5.74, 6) is 0. The van der Waals surface area contributed by atoms with Crippen LogP contribution in [0.1, 0.15) is 27.7 Å². The molecule has 65 valence electrons. The molecule has 2 nitrogen and oxygen atoms in total. The molecule has 0 aromatic carbocycles. The number of quaternary nitrogens is 1. The maximum Gasteiger partial charge on any atom is 0.0491 e. The molecule has 0 aromatic rings. The van der Waals surface area contributed by atoms with Gasteiger partial charge in [-0.3, -0.25) is 0 Å². The molecule has 0 aliphatic heterocycles. The van der Waals surface area contributed by atoms with E-state index in [2.05, 4.69) is 40.5 Å². The molecule has 1 radical (unpaired) electrons. The maximum atomic E-state index is 6.79. The van der Waals surface area contributed by atoms with Gasteiger partial charge >= 0.3 is 0 Å². The molecule has 2 N–H and O–H groups in total. The summed E-state index contributed by atoms with van der Waals surface area (Å²) in [6.45, 7) is 9.02. The number of nitrogens with one attached hydrogen (secondary N) is 2.